The zero-order chi connectivity index (χ0) is 14.8. The van der Waals surface area contributed by atoms with Gasteiger partial charge in [-0.3, -0.25) is 4.79 Å². The second-order valence-corrected chi connectivity index (χ2v) is 6.06. The summed E-state index contributed by atoms with van der Waals surface area (Å²) < 4.78 is 28.1. The highest BCUT2D eigenvalue weighted by atomic mass is 32.2. The number of rotatable bonds is 4. The Morgan fingerprint density at radius 2 is 1.95 bits per heavy atom. The number of carbonyl (C=O) groups excluding carboxylic acids is 1. The maximum atomic E-state index is 11.7. The van der Waals surface area contributed by atoms with E-state index in [1.165, 1.54) is 13.2 Å². The van der Waals surface area contributed by atoms with E-state index in [0.717, 1.165) is 0 Å². The molecule has 0 aliphatic heterocycles. The number of nitrogens with two attached hydrogens (primary N) is 1. The van der Waals surface area contributed by atoms with E-state index in [1.807, 2.05) is 0 Å². The molecule has 0 aromatic heterocycles. The molecule has 1 rings (SSSR count). The Morgan fingerprint density at radius 3 is 2.37 bits per heavy atom. The van der Waals surface area contributed by atoms with Gasteiger partial charge in [0.25, 0.3) is 0 Å². The maximum Gasteiger partial charge on any atom is 0.241 e. The minimum absolute atomic E-state index is 0.0436. The minimum atomic E-state index is -3.92. The number of hydrogen-bond donors (Lipinski definition) is 2. The molecule has 0 spiro atoms. The molecule has 19 heavy (non-hydrogen) atoms. The zero-order valence-electron chi connectivity index (χ0n) is 11.4. The molecule has 0 aliphatic carbocycles. The second kappa shape index (κ2) is 5.58. The maximum absolute atomic E-state index is 11.7. The number of primary sulfonamides is 1. The number of benzene rings is 1. The van der Waals surface area contributed by atoms with E-state index in [-0.39, 0.29) is 22.5 Å². The molecule has 6 nitrogen and oxygen atoms in total. The van der Waals surface area contributed by atoms with Crippen molar-refractivity contribution in [2.45, 2.75) is 25.7 Å². The summed E-state index contributed by atoms with van der Waals surface area (Å²) in [6.45, 7) is 5.18. The zero-order valence-corrected chi connectivity index (χ0v) is 12.2. The van der Waals surface area contributed by atoms with E-state index in [0.29, 0.717) is 11.3 Å². The molecule has 0 radical (unpaired) electrons. The number of ether oxygens (including phenoxy) is 1. The van der Waals surface area contributed by atoms with Gasteiger partial charge < -0.3 is 10.1 Å². The van der Waals surface area contributed by atoms with Gasteiger partial charge in [0.2, 0.25) is 15.9 Å². The number of carbonyl (C=O) groups is 1. The lowest BCUT2D eigenvalue weighted by molar-refractivity contribution is -0.118. The predicted molar refractivity (Wildman–Crippen MR) is 72.6 cm³/mol. The highest BCUT2D eigenvalue weighted by Gasteiger charge is 2.21. The molecule has 0 saturated heterocycles. The Hall–Kier alpha value is -1.60. The van der Waals surface area contributed by atoms with Crippen molar-refractivity contribution in [3.05, 3.63) is 17.7 Å². The van der Waals surface area contributed by atoms with Crippen LogP contribution < -0.4 is 15.2 Å². The van der Waals surface area contributed by atoms with E-state index in [9.17, 15) is 13.2 Å². The third-order valence-electron chi connectivity index (χ3n) is 2.49. The number of aryl methyl sites for hydroxylation is 1. The van der Waals surface area contributed by atoms with Gasteiger partial charge >= 0.3 is 0 Å². The molecule has 1 aromatic rings. The molecule has 3 N–H and O–H groups in total. The van der Waals surface area contributed by atoms with Crippen molar-refractivity contribution in [1.82, 2.24) is 0 Å². The van der Waals surface area contributed by atoms with Gasteiger partial charge in [0, 0.05) is 5.92 Å². The fourth-order valence-corrected chi connectivity index (χ4v) is 2.33. The normalized spacial score (nSPS) is 11.5. The van der Waals surface area contributed by atoms with Crippen LogP contribution in [-0.2, 0) is 14.8 Å². The Bertz CT molecular complexity index is 594. The van der Waals surface area contributed by atoms with Gasteiger partial charge in [-0.25, -0.2) is 13.6 Å². The number of hydrogen-bond acceptors (Lipinski definition) is 4. The van der Waals surface area contributed by atoms with Crippen molar-refractivity contribution in [1.29, 1.82) is 0 Å². The number of sulfonamides is 1. The van der Waals surface area contributed by atoms with E-state index >= 15 is 0 Å². The van der Waals surface area contributed by atoms with Crippen molar-refractivity contribution >= 4 is 21.6 Å². The molecule has 0 saturated carbocycles. The van der Waals surface area contributed by atoms with E-state index in [2.05, 4.69) is 5.32 Å². The van der Waals surface area contributed by atoms with Crippen molar-refractivity contribution in [2.24, 2.45) is 11.1 Å². The molecule has 1 aromatic carbocycles. The first-order valence-electron chi connectivity index (χ1n) is 5.69. The molecular formula is C12H18N2O4S. The molecule has 1 amide bonds. The second-order valence-electron chi connectivity index (χ2n) is 4.53. The van der Waals surface area contributed by atoms with Gasteiger partial charge in [0.15, 0.2) is 5.75 Å². The lowest BCUT2D eigenvalue weighted by atomic mass is 10.1. The summed E-state index contributed by atoms with van der Waals surface area (Å²) >= 11 is 0. The Balaban J connectivity index is 3.40. The average molecular weight is 286 g/mol. The van der Waals surface area contributed by atoms with Crippen LogP contribution in [0.1, 0.15) is 19.4 Å². The van der Waals surface area contributed by atoms with Crippen molar-refractivity contribution in [3.8, 4) is 5.75 Å². The lowest BCUT2D eigenvalue weighted by Crippen LogP contribution is -2.20. The van der Waals surface area contributed by atoms with Crippen molar-refractivity contribution in [3.63, 3.8) is 0 Å². The topological polar surface area (TPSA) is 98.5 Å². The molecule has 0 unspecified atom stereocenters. The van der Waals surface area contributed by atoms with Gasteiger partial charge in [0.1, 0.15) is 4.90 Å². The summed E-state index contributed by atoms with van der Waals surface area (Å²) in [5.74, 6) is -0.422. The van der Waals surface area contributed by atoms with E-state index < -0.39 is 10.0 Å². The van der Waals surface area contributed by atoms with Gasteiger partial charge in [-0.05, 0) is 24.6 Å². The molecule has 106 valence electrons. The largest absolute Gasteiger partial charge is 0.493 e. The van der Waals surface area contributed by atoms with Gasteiger partial charge in [-0.15, -0.1) is 0 Å². The summed E-state index contributed by atoms with van der Waals surface area (Å²) in [7, 11) is -2.60. The van der Waals surface area contributed by atoms with Crippen LogP contribution in [0.5, 0.6) is 5.75 Å². The van der Waals surface area contributed by atoms with Crippen LogP contribution in [0.4, 0.5) is 5.69 Å². The monoisotopic (exact) mass is 286 g/mol. The van der Waals surface area contributed by atoms with Crippen LogP contribution >= 0.6 is 0 Å². The molecule has 0 heterocycles. The van der Waals surface area contributed by atoms with E-state index in [4.69, 9.17) is 9.88 Å². The summed E-state index contributed by atoms with van der Waals surface area (Å²) in [4.78, 5) is 11.6. The van der Waals surface area contributed by atoms with Crippen molar-refractivity contribution < 1.29 is 17.9 Å². The first kappa shape index (κ1) is 15.5. The fourth-order valence-electron chi connectivity index (χ4n) is 1.53. The Labute approximate surface area is 113 Å². The molecule has 0 atom stereocenters. The molecule has 0 bridgehead atoms. The third kappa shape index (κ3) is 3.68. The number of nitrogens with one attached hydrogen (secondary N) is 1. The van der Waals surface area contributed by atoms with Crippen LogP contribution in [0.15, 0.2) is 17.0 Å². The predicted octanol–water partition coefficient (Wildman–Crippen LogP) is 1.25. The number of methoxy groups -OCH3 is 1. The highest BCUT2D eigenvalue weighted by Crippen LogP contribution is 2.33. The fraction of sp³-hybridized carbons (Fsp3) is 0.417. The lowest BCUT2D eigenvalue weighted by Gasteiger charge is -2.15. The molecule has 0 aliphatic rings. The van der Waals surface area contributed by atoms with Crippen LogP contribution in [0.25, 0.3) is 0 Å². The number of anilines is 1. The van der Waals surface area contributed by atoms with Gasteiger partial charge in [-0.2, -0.15) is 0 Å². The average Bonchev–Trinajstić information content (AvgIpc) is 2.26. The van der Waals surface area contributed by atoms with Crippen LogP contribution in [0.3, 0.4) is 0 Å². The first-order valence-corrected chi connectivity index (χ1v) is 7.23. The summed E-state index contributed by atoms with van der Waals surface area (Å²) in [6, 6.07) is 3.03. The first-order chi connectivity index (χ1) is 8.66. The molecule has 7 heteroatoms. The summed E-state index contributed by atoms with van der Waals surface area (Å²) in [6.07, 6.45) is 0. The third-order valence-corrected chi connectivity index (χ3v) is 3.41. The SMILES string of the molecule is COc1c(NC(=O)C(C)C)cc(C)cc1S(N)(=O)=O. The highest BCUT2D eigenvalue weighted by molar-refractivity contribution is 7.89. The van der Waals surface area contributed by atoms with Crippen LogP contribution in [-0.4, -0.2) is 21.4 Å². The minimum Gasteiger partial charge on any atom is -0.493 e. The summed E-state index contributed by atoms with van der Waals surface area (Å²) in [5, 5.41) is 7.77. The van der Waals surface area contributed by atoms with Gasteiger partial charge in [0.05, 0.1) is 12.8 Å². The van der Waals surface area contributed by atoms with Crippen molar-refractivity contribution in [2.75, 3.05) is 12.4 Å². The van der Waals surface area contributed by atoms with E-state index in [1.54, 1.807) is 26.8 Å². The standard InChI is InChI=1S/C12H18N2O4S/c1-7(2)12(15)14-9-5-8(3)6-10(11(9)18-4)19(13,16)17/h5-7H,1-4H3,(H,14,15)(H2,13,16,17). The molecular weight excluding hydrogens is 268 g/mol. The Kier molecular flexibility index (Phi) is 4.54. The van der Waals surface area contributed by atoms with Crippen LogP contribution in [0.2, 0.25) is 0 Å². The smallest absolute Gasteiger partial charge is 0.241 e. The number of amides is 1. The van der Waals surface area contributed by atoms with Gasteiger partial charge in [-0.1, -0.05) is 13.8 Å². The quantitative estimate of drug-likeness (QED) is 0.870. The molecule has 0 fully saturated rings. The Morgan fingerprint density at radius 1 is 1.37 bits per heavy atom. The van der Waals surface area contributed by atoms with Crippen LogP contribution in [0, 0.1) is 12.8 Å². The summed E-state index contributed by atoms with van der Waals surface area (Å²) in [5.41, 5.74) is 0.953.